The Morgan fingerprint density at radius 1 is 1.21 bits per heavy atom. The minimum Gasteiger partial charge on any atom is -0.489 e. The third-order valence-corrected chi connectivity index (χ3v) is 3.48. The van der Waals surface area contributed by atoms with Gasteiger partial charge >= 0.3 is 6.61 Å². The van der Waals surface area contributed by atoms with Crippen LogP contribution in [0, 0.1) is 17.4 Å². The Hall–Kier alpha value is -2.95. The zero-order valence-corrected chi connectivity index (χ0v) is 12.6. The van der Waals surface area contributed by atoms with Crippen LogP contribution in [0.25, 0.3) is 11.3 Å². The Bertz CT molecular complexity index is 743. The number of rotatable bonds is 7. The van der Waals surface area contributed by atoms with E-state index in [1.165, 1.54) is 6.07 Å². The van der Waals surface area contributed by atoms with Gasteiger partial charge in [-0.2, -0.15) is 14.0 Å². The molecule has 0 atom stereocenters. The van der Waals surface area contributed by atoms with Crippen LogP contribution in [0.5, 0.6) is 11.5 Å². The molecular formula is C16H14F2N4O2. The van der Waals surface area contributed by atoms with Gasteiger partial charge in [-0.15, -0.1) is 10.2 Å². The molecule has 1 aromatic carbocycles. The molecule has 1 N–H and O–H groups in total. The van der Waals surface area contributed by atoms with E-state index in [4.69, 9.17) is 10.00 Å². The second kappa shape index (κ2) is 7.08. The van der Waals surface area contributed by atoms with Gasteiger partial charge in [0.15, 0.2) is 23.5 Å². The number of halogens is 2. The highest BCUT2D eigenvalue weighted by atomic mass is 19.3. The van der Waals surface area contributed by atoms with Gasteiger partial charge in [0.25, 0.3) is 0 Å². The number of nitrogens with zero attached hydrogens (tertiary/aromatic N) is 3. The van der Waals surface area contributed by atoms with Gasteiger partial charge < -0.3 is 9.47 Å². The fraction of sp³-hybridized carbons (Fsp3) is 0.312. The fourth-order valence-corrected chi connectivity index (χ4v) is 2.08. The maximum atomic E-state index is 12.6. The third-order valence-electron chi connectivity index (χ3n) is 3.48. The number of alkyl halides is 2. The molecule has 0 spiro atoms. The first kappa shape index (κ1) is 15.9. The summed E-state index contributed by atoms with van der Waals surface area (Å²) >= 11 is 0. The standard InChI is InChI=1S/C16H14F2N4O2/c17-16(18)24-14-7-11(3-5-13(14)23-8-10-1-2-10)12-4-6-15(20-9-19)22-21-12/h3-7,10,16H,1-2,8H2,(H,20,22). The van der Waals surface area contributed by atoms with Crippen molar-refractivity contribution in [2.24, 2.45) is 5.92 Å². The van der Waals surface area contributed by atoms with Gasteiger partial charge in [0.05, 0.1) is 12.3 Å². The van der Waals surface area contributed by atoms with Crippen molar-refractivity contribution < 1.29 is 18.3 Å². The third kappa shape index (κ3) is 4.07. The van der Waals surface area contributed by atoms with E-state index >= 15 is 0 Å². The highest BCUT2D eigenvalue weighted by molar-refractivity contribution is 5.64. The summed E-state index contributed by atoms with van der Waals surface area (Å²) < 4.78 is 35.4. The molecule has 1 fully saturated rings. The van der Waals surface area contributed by atoms with Crippen LogP contribution in [-0.4, -0.2) is 23.4 Å². The highest BCUT2D eigenvalue weighted by Gasteiger charge is 2.23. The summed E-state index contributed by atoms with van der Waals surface area (Å²) in [4.78, 5) is 0. The topological polar surface area (TPSA) is 80.1 Å². The lowest BCUT2D eigenvalue weighted by atomic mass is 10.1. The SMILES string of the molecule is N#CNc1ccc(-c2ccc(OCC3CC3)c(OC(F)F)c2)nn1. The number of ether oxygens (including phenoxy) is 2. The lowest BCUT2D eigenvalue weighted by Crippen LogP contribution is -2.06. The molecule has 1 aliphatic rings. The van der Waals surface area contributed by atoms with Crippen LogP contribution in [0.1, 0.15) is 12.8 Å². The Balaban J connectivity index is 1.83. The minimum atomic E-state index is -2.95. The van der Waals surface area contributed by atoms with Crippen LogP contribution in [0.3, 0.4) is 0 Å². The molecule has 0 aliphatic heterocycles. The molecule has 0 amide bonds. The van der Waals surface area contributed by atoms with Gasteiger partial charge in [-0.05, 0) is 49.1 Å². The molecule has 1 aromatic heterocycles. The van der Waals surface area contributed by atoms with Crippen LogP contribution >= 0.6 is 0 Å². The number of aromatic nitrogens is 2. The highest BCUT2D eigenvalue weighted by Crippen LogP contribution is 2.36. The van der Waals surface area contributed by atoms with E-state index < -0.39 is 6.61 Å². The number of hydrogen-bond donors (Lipinski definition) is 1. The normalized spacial score (nSPS) is 13.4. The second-order valence-corrected chi connectivity index (χ2v) is 5.34. The van der Waals surface area contributed by atoms with E-state index in [-0.39, 0.29) is 11.5 Å². The van der Waals surface area contributed by atoms with Crippen LogP contribution < -0.4 is 14.8 Å². The predicted molar refractivity (Wildman–Crippen MR) is 81.6 cm³/mol. The minimum absolute atomic E-state index is 0.0378. The van der Waals surface area contributed by atoms with Gasteiger partial charge in [-0.1, -0.05) is 0 Å². The number of nitrogens with one attached hydrogen (secondary N) is 1. The van der Waals surface area contributed by atoms with Crippen LogP contribution in [0.15, 0.2) is 30.3 Å². The molecular weight excluding hydrogens is 318 g/mol. The quantitative estimate of drug-likeness (QED) is 0.618. The summed E-state index contributed by atoms with van der Waals surface area (Å²) in [6.45, 7) is -2.45. The van der Waals surface area contributed by atoms with Gasteiger partial charge in [0, 0.05) is 5.56 Å². The van der Waals surface area contributed by atoms with Gasteiger partial charge in [0.2, 0.25) is 0 Å². The molecule has 3 rings (SSSR count). The monoisotopic (exact) mass is 332 g/mol. The molecule has 0 unspecified atom stereocenters. The van der Waals surface area contributed by atoms with Crippen molar-refractivity contribution in [3.63, 3.8) is 0 Å². The van der Waals surface area contributed by atoms with E-state index in [1.54, 1.807) is 30.5 Å². The molecule has 1 aliphatic carbocycles. The van der Waals surface area contributed by atoms with Gasteiger partial charge in [-0.25, -0.2) is 0 Å². The number of anilines is 1. The van der Waals surface area contributed by atoms with E-state index in [0.717, 1.165) is 12.8 Å². The number of benzene rings is 1. The molecule has 0 bridgehead atoms. The molecule has 24 heavy (non-hydrogen) atoms. The first-order chi connectivity index (χ1) is 11.7. The van der Waals surface area contributed by atoms with Gasteiger partial charge in [-0.3, -0.25) is 5.32 Å². The van der Waals surface area contributed by atoms with Crippen molar-refractivity contribution in [3.05, 3.63) is 30.3 Å². The fourth-order valence-electron chi connectivity index (χ4n) is 2.08. The molecule has 8 heteroatoms. The van der Waals surface area contributed by atoms with Crippen molar-refractivity contribution in [2.75, 3.05) is 11.9 Å². The Morgan fingerprint density at radius 3 is 2.67 bits per heavy atom. The van der Waals surface area contributed by atoms with E-state index in [1.807, 2.05) is 0 Å². The lowest BCUT2D eigenvalue weighted by molar-refractivity contribution is -0.0515. The Labute approximate surface area is 137 Å². The molecule has 0 saturated heterocycles. The number of hydrogen-bond acceptors (Lipinski definition) is 6. The molecule has 1 heterocycles. The van der Waals surface area contributed by atoms with E-state index in [2.05, 4.69) is 20.3 Å². The van der Waals surface area contributed by atoms with E-state index in [0.29, 0.717) is 29.6 Å². The van der Waals surface area contributed by atoms with Crippen molar-refractivity contribution in [1.29, 1.82) is 5.26 Å². The lowest BCUT2D eigenvalue weighted by Gasteiger charge is -2.13. The summed E-state index contributed by atoms with van der Waals surface area (Å²) in [5.41, 5.74) is 1.02. The Kier molecular flexibility index (Phi) is 4.70. The van der Waals surface area contributed by atoms with Crippen molar-refractivity contribution in [3.8, 4) is 28.9 Å². The summed E-state index contributed by atoms with van der Waals surface area (Å²) in [5.74, 6) is 1.04. The average molecular weight is 332 g/mol. The van der Waals surface area contributed by atoms with E-state index in [9.17, 15) is 8.78 Å². The summed E-state index contributed by atoms with van der Waals surface area (Å²) in [6.07, 6.45) is 3.94. The molecule has 124 valence electrons. The smallest absolute Gasteiger partial charge is 0.387 e. The summed E-state index contributed by atoms with van der Waals surface area (Å²) in [5, 5.41) is 18.7. The zero-order chi connectivity index (χ0) is 16.9. The van der Waals surface area contributed by atoms with Crippen molar-refractivity contribution in [2.45, 2.75) is 19.5 Å². The molecule has 0 radical (unpaired) electrons. The number of nitriles is 1. The van der Waals surface area contributed by atoms with Crippen molar-refractivity contribution >= 4 is 5.82 Å². The first-order valence-electron chi connectivity index (χ1n) is 7.36. The maximum absolute atomic E-state index is 12.6. The zero-order valence-electron chi connectivity index (χ0n) is 12.6. The first-order valence-corrected chi connectivity index (χ1v) is 7.36. The second-order valence-electron chi connectivity index (χ2n) is 5.34. The van der Waals surface area contributed by atoms with Crippen molar-refractivity contribution in [1.82, 2.24) is 10.2 Å². The van der Waals surface area contributed by atoms with Crippen LogP contribution in [0.2, 0.25) is 0 Å². The summed E-state index contributed by atoms with van der Waals surface area (Å²) in [7, 11) is 0. The molecule has 2 aromatic rings. The Morgan fingerprint density at radius 2 is 2.04 bits per heavy atom. The van der Waals surface area contributed by atoms with Crippen LogP contribution in [0.4, 0.5) is 14.6 Å². The maximum Gasteiger partial charge on any atom is 0.387 e. The molecule has 1 saturated carbocycles. The largest absolute Gasteiger partial charge is 0.489 e. The predicted octanol–water partition coefficient (Wildman–Crippen LogP) is 3.43. The van der Waals surface area contributed by atoms with Crippen LogP contribution in [-0.2, 0) is 0 Å². The average Bonchev–Trinajstić information content (AvgIpc) is 3.38. The van der Waals surface area contributed by atoms with Gasteiger partial charge in [0.1, 0.15) is 0 Å². The summed E-state index contributed by atoms with van der Waals surface area (Å²) in [6, 6.07) is 7.91. The molecule has 6 nitrogen and oxygen atoms in total.